The average Bonchev–Trinajstić information content (AvgIpc) is 3.60. The molecule has 7 heteroatoms. The molecule has 3 N–H and O–H groups in total. The molecule has 0 radical (unpaired) electrons. The van der Waals surface area contributed by atoms with Gasteiger partial charge in [-0.15, -0.1) is 0 Å². The van der Waals surface area contributed by atoms with Crippen LogP contribution in [0.4, 0.5) is 5.69 Å². The van der Waals surface area contributed by atoms with E-state index in [9.17, 15) is 9.90 Å². The number of ether oxygens (including phenoxy) is 2. The van der Waals surface area contributed by atoms with Gasteiger partial charge >= 0.3 is 5.97 Å². The van der Waals surface area contributed by atoms with Crippen molar-refractivity contribution < 1.29 is 19.4 Å². The molecule has 0 spiro atoms. The fourth-order valence-electron chi connectivity index (χ4n) is 5.66. The number of aryl methyl sites for hydroxylation is 2. The van der Waals surface area contributed by atoms with Crippen molar-refractivity contribution in [2.45, 2.75) is 51.9 Å². The summed E-state index contributed by atoms with van der Waals surface area (Å²) in [7, 11) is 0. The third-order valence-electron chi connectivity index (χ3n) is 7.69. The van der Waals surface area contributed by atoms with Gasteiger partial charge in [0.25, 0.3) is 0 Å². The lowest BCUT2D eigenvalue weighted by atomic mass is 9.97. The van der Waals surface area contributed by atoms with E-state index < -0.39 is 5.97 Å². The summed E-state index contributed by atoms with van der Waals surface area (Å²) in [6, 6.07) is 26.4. The van der Waals surface area contributed by atoms with Crippen LogP contribution in [0.1, 0.15) is 35.6 Å². The van der Waals surface area contributed by atoms with Gasteiger partial charge in [0.1, 0.15) is 24.2 Å². The van der Waals surface area contributed by atoms with Crippen molar-refractivity contribution in [2.24, 2.45) is 0 Å². The van der Waals surface area contributed by atoms with Crippen LogP contribution in [-0.4, -0.2) is 27.0 Å². The van der Waals surface area contributed by atoms with Crippen molar-refractivity contribution >= 4 is 22.6 Å². The zero-order valence-electron chi connectivity index (χ0n) is 23.0. The Morgan fingerprint density at radius 3 is 2.68 bits per heavy atom. The fourth-order valence-corrected chi connectivity index (χ4v) is 5.66. The number of carboxylic acid groups (broad SMARTS) is 1. The van der Waals surface area contributed by atoms with E-state index in [2.05, 4.69) is 48.4 Å². The lowest BCUT2D eigenvalue weighted by molar-refractivity contribution is -0.136. The Morgan fingerprint density at radius 1 is 1.02 bits per heavy atom. The van der Waals surface area contributed by atoms with Crippen molar-refractivity contribution in [1.82, 2.24) is 9.78 Å². The number of hydrogen-bond acceptors (Lipinski definition) is 5. The second kappa shape index (κ2) is 11.4. The molecule has 0 fully saturated rings. The summed E-state index contributed by atoms with van der Waals surface area (Å²) in [6.07, 6.45) is 3.64. The topological polar surface area (TPSA) is 99.6 Å². The number of carbonyl (C=O) groups is 1. The molecule has 1 aliphatic carbocycles. The molecule has 7 nitrogen and oxygen atoms in total. The van der Waals surface area contributed by atoms with Gasteiger partial charge in [-0.2, -0.15) is 5.10 Å². The van der Waals surface area contributed by atoms with Crippen molar-refractivity contribution in [1.29, 1.82) is 0 Å². The predicted molar refractivity (Wildman–Crippen MR) is 160 cm³/mol. The number of aromatic nitrogens is 2. The summed E-state index contributed by atoms with van der Waals surface area (Å²) in [4.78, 5) is 11.3. The van der Waals surface area contributed by atoms with Gasteiger partial charge in [-0.05, 0) is 65.9 Å². The standard InChI is InChI=1S/C34H33N3O4/c1-2-37-31-13-12-25(17-26(31)20-36-37)29-15-23(11-14-33(38)39)16-30(35)34(29)41-27-18-24-9-6-10-32(28(24)19-27)40-21-22-7-4-3-5-8-22/h3-10,12-13,15-17,20,27H,2,11,14,18-19,21,35H2,1H3,(H,38,39). The van der Waals surface area contributed by atoms with Gasteiger partial charge in [-0.3, -0.25) is 9.48 Å². The maximum atomic E-state index is 11.3. The molecular formula is C34H33N3O4. The number of hydrogen-bond donors (Lipinski definition) is 2. The predicted octanol–water partition coefficient (Wildman–Crippen LogP) is 6.45. The van der Waals surface area contributed by atoms with Crippen molar-refractivity contribution in [3.63, 3.8) is 0 Å². The van der Waals surface area contributed by atoms with Crippen LogP contribution in [0.5, 0.6) is 11.5 Å². The molecule has 0 amide bonds. The summed E-state index contributed by atoms with van der Waals surface area (Å²) in [6.45, 7) is 3.36. The molecule has 1 heterocycles. The van der Waals surface area contributed by atoms with E-state index in [4.69, 9.17) is 15.2 Å². The maximum Gasteiger partial charge on any atom is 0.303 e. The van der Waals surface area contributed by atoms with Crippen molar-refractivity contribution in [2.75, 3.05) is 5.73 Å². The summed E-state index contributed by atoms with van der Waals surface area (Å²) in [5.41, 5.74) is 14.4. The zero-order valence-corrected chi connectivity index (χ0v) is 23.0. The van der Waals surface area contributed by atoms with Gasteiger partial charge < -0.3 is 20.3 Å². The number of rotatable bonds is 10. The Hall–Kier alpha value is -4.78. The largest absolute Gasteiger partial charge is 0.489 e. The first kappa shape index (κ1) is 26.4. The third kappa shape index (κ3) is 5.61. The van der Waals surface area contributed by atoms with E-state index in [1.165, 1.54) is 11.1 Å². The summed E-state index contributed by atoms with van der Waals surface area (Å²) >= 11 is 0. The molecule has 0 aliphatic heterocycles. The number of benzene rings is 4. The molecular weight excluding hydrogens is 514 g/mol. The van der Waals surface area contributed by atoms with Crippen LogP contribution < -0.4 is 15.2 Å². The molecule has 0 bridgehead atoms. The molecule has 1 atom stereocenters. The van der Waals surface area contributed by atoms with E-state index in [0.717, 1.165) is 51.9 Å². The Bertz CT molecular complexity index is 1710. The van der Waals surface area contributed by atoms with Gasteiger partial charge in [-0.1, -0.05) is 48.5 Å². The molecule has 208 valence electrons. The highest BCUT2D eigenvalue weighted by atomic mass is 16.5. The molecule has 41 heavy (non-hydrogen) atoms. The summed E-state index contributed by atoms with van der Waals surface area (Å²) < 4.78 is 14.9. The SMILES string of the molecule is CCn1ncc2cc(-c3cc(CCC(=O)O)cc(N)c3OC3Cc4cccc(OCc5ccccc5)c4C3)ccc21. The van der Waals surface area contributed by atoms with Crippen LogP contribution >= 0.6 is 0 Å². The quantitative estimate of drug-likeness (QED) is 0.195. The number of anilines is 1. The number of aliphatic carboxylic acids is 1. The Morgan fingerprint density at radius 2 is 1.88 bits per heavy atom. The van der Waals surface area contributed by atoms with E-state index in [-0.39, 0.29) is 12.5 Å². The zero-order chi connectivity index (χ0) is 28.3. The second-order valence-corrected chi connectivity index (χ2v) is 10.5. The van der Waals surface area contributed by atoms with Crippen LogP contribution in [0.3, 0.4) is 0 Å². The molecule has 4 aromatic carbocycles. The van der Waals surface area contributed by atoms with Gasteiger partial charge in [0, 0.05) is 42.3 Å². The van der Waals surface area contributed by atoms with E-state index in [1.54, 1.807) is 0 Å². The third-order valence-corrected chi connectivity index (χ3v) is 7.69. The summed E-state index contributed by atoms with van der Waals surface area (Å²) in [5, 5.41) is 14.8. The number of fused-ring (bicyclic) bond motifs is 2. The van der Waals surface area contributed by atoms with Gasteiger partial charge in [0.2, 0.25) is 0 Å². The minimum atomic E-state index is -0.840. The number of nitrogen functional groups attached to an aromatic ring is 1. The Kier molecular flexibility index (Phi) is 7.33. The molecule has 1 unspecified atom stereocenters. The first-order chi connectivity index (χ1) is 20.0. The molecule has 1 aliphatic rings. The average molecular weight is 548 g/mol. The van der Waals surface area contributed by atoms with Crippen LogP contribution in [0.15, 0.2) is 85.1 Å². The lowest BCUT2D eigenvalue weighted by Crippen LogP contribution is -2.18. The normalized spacial score (nSPS) is 14.2. The highest BCUT2D eigenvalue weighted by Crippen LogP contribution is 2.41. The monoisotopic (exact) mass is 547 g/mol. The smallest absolute Gasteiger partial charge is 0.303 e. The first-order valence-electron chi connectivity index (χ1n) is 14.0. The van der Waals surface area contributed by atoms with E-state index >= 15 is 0 Å². The highest BCUT2D eigenvalue weighted by Gasteiger charge is 2.28. The maximum absolute atomic E-state index is 11.3. The fraction of sp³-hybridized carbons (Fsp3) is 0.235. The van der Waals surface area contributed by atoms with Crippen LogP contribution in [-0.2, 0) is 37.2 Å². The Labute approximate surface area is 239 Å². The van der Waals surface area contributed by atoms with Crippen LogP contribution in [0.2, 0.25) is 0 Å². The minimum Gasteiger partial charge on any atom is -0.489 e. The molecule has 5 aromatic rings. The van der Waals surface area contributed by atoms with E-state index in [1.807, 2.05) is 53.3 Å². The molecule has 6 rings (SSSR count). The molecule has 0 saturated carbocycles. The highest BCUT2D eigenvalue weighted by molar-refractivity contribution is 5.88. The van der Waals surface area contributed by atoms with Gasteiger partial charge in [0.15, 0.2) is 0 Å². The first-order valence-corrected chi connectivity index (χ1v) is 14.0. The van der Waals surface area contributed by atoms with Gasteiger partial charge in [-0.25, -0.2) is 0 Å². The summed E-state index contributed by atoms with van der Waals surface area (Å²) in [5.74, 6) is 0.664. The second-order valence-electron chi connectivity index (χ2n) is 10.5. The number of nitrogens with zero attached hydrogens (tertiary/aromatic N) is 2. The number of nitrogens with two attached hydrogens (primary N) is 1. The Balaban J connectivity index is 1.29. The van der Waals surface area contributed by atoms with E-state index in [0.29, 0.717) is 30.9 Å². The minimum absolute atomic E-state index is 0.0328. The van der Waals surface area contributed by atoms with Crippen LogP contribution in [0, 0.1) is 0 Å². The number of carboxylic acids is 1. The van der Waals surface area contributed by atoms with Crippen molar-refractivity contribution in [3.8, 4) is 22.6 Å². The molecule has 0 saturated heterocycles. The van der Waals surface area contributed by atoms with Crippen molar-refractivity contribution in [3.05, 3.63) is 107 Å². The van der Waals surface area contributed by atoms with Crippen LogP contribution in [0.25, 0.3) is 22.0 Å². The lowest BCUT2D eigenvalue weighted by Gasteiger charge is -2.20. The van der Waals surface area contributed by atoms with Gasteiger partial charge in [0.05, 0.1) is 17.4 Å². The molecule has 1 aromatic heterocycles.